The highest BCUT2D eigenvalue weighted by atomic mass is 32.1. The van der Waals surface area contributed by atoms with Gasteiger partial charge in [-0.3, -0.25) is 4.79 Å². The fourth-order valence-corrected chi connectivity index (χ4v) is 4.39. The van der Waals surface area contributed by atoms with Gasteiger partial charge in [0.05, 0.1) is 5.39 Å². The standard InChI is InChI=1S/C16H16N4OS2/c21-15(17-8-11-3-6-22-9-11)13-2-1-5-20(13)14-12-4-7-23-16(12)19-10-18-14/h3-4,6-7,9-10,13H,1-2,5,8H2,(H,17,21)/t13-/m1/s1. The van der Waals surface area contributed by atoms with Gasteiger partial charge >= 0.3 is 0 Å². The third kappa shape index (κ3) is 2.82. The lowest BCUT2D eigenvalue weighted by molar-refractivity contribution is -0.122. The molecule has 4 rings (SSSR count). The van der Waals surface area contributed by atoms with Crippen LogP contribution in [0.15, 0.2) is 34.6 Å². The van der Waals surface area contributed by atoms with Crippen molar-refractivity contribution in [2.45, 2.75) is 25.4 Å². The number of carbonyl (C=O) groups is 1. The van der Waals surface area contributed by atoms with Crippen LogP contribution < -0.4 is 10.2 Å². The highest BCUT2D eigenvalue weighted by Crippen LogP contribution is 2.31. The summed E-state index contributed by atoms with van der Waals surface area (Å²) in [5.74, 6) is 0.958. The summed E-state index contributed by atoms with van der Waals surface area (Å²) in [7, 11) is 0. The van der Waals surface area contributed by atoms with Gasteiger partial charge in [-0.1, -0.05) is 0 Å². The number of hydrogen-bond acceptors (Lipinski definition) is 6. The Balaban J connectivity index is 1.54. The van der Waals surface area contributed by atoms with Gasteiger partial charge in [-0.25, -0.2) is 9.97 Å². The van der Waals surface area contributed by atoms with Crippen molar-refractivity contribution in [2.75, 3.05) is 11.4 Å². The molecular formula is C16H16N4OS2. The van der Waals surface area contributed by atoms with Crippen LogP contribution >= 0.6 is 22.7 Å². The molecule has 1 amide bonds. The van der Waals surface area contributed by atoms with E-state index in [9.17, 15) is 4.79 Å². The zero-order chi connectivity index (χ0) is 15.6. The fourth-order valence-electron chi connectivity index (χ4n) is 3.00. The minimum Gasteiger partial charge on any atom is -0.350 e. The number of rotatable bonds is 4. The Morgan fingerprint density at radius 3 is 3.17 bits per heavy atom. The van der Waals surface area contributed by atoms with E-state index in [1.54, 1.807) is 29.0 Å². The van der Waals surface area contributed by atoms with Gasteiger partial charge in [0.25, 0.3) is 0 Å². The van der Waals surface area contributed by atoms with Crippen molar-refractivity contribution < 1.29 is 4.79 Å². The number of nitrogens with zero attached hydrogens (tertiary/aromatic N) is 3. The maximum absolute atomic E-state index is 12.6. The highest BCUT2D eigenvalue weighted by molar-refractivity contribution is 7.16. The van der Waals surface area contributed by atoms with Crippen molar-refractivity contribution in [3.63, 3.8) is 0 Å². The van der Waals surface area contributed by atoms with Crippen molar-refractivity contribution >= 4 is 44.6 Å². The number of carbonyl (C=O) groups excluding carboxylic acids is 1. The fraction of sp³-hybridized carbons (Fsp3) is 0.312. The molecule has 0 aromatic carbocycles. The normalized spacial score (nSPS) is 17.7. The molecule has 1 atom stereocenters. The van der Waals surface area contributed by atoms with Crippen LogP contribution in [0.5, 0.6) is 0 Å². The molecule has 3 aromatic heterocycles. The first kappa shape index (κ1) is 14.6. The molecular weight excluding hydrogens is 328 g/mol. The van der Waals surface area contributed by atoms with Gasteiger partial charge in [-0.05, 0) is 46.7 Å². The lowest BCUT2D eigenvalue weighted by Crippen LogP contribution is -2.43. The number of fused-ring (bicyclic) bond motifs is 1. The van der Waals surface area contributed by atoms with Crippen molar-refractivity contribution in [3.8, 4) is 0 Å². The Hall–Kier alpha value is -1.99. The lowest BCUT2D eigenvalue weighted by Gasteiger charge is -2.25. The van der Waals surface area contributed by atoms with Crippen LogP contribution in [0.25, 0.3) is 10.2 Å². The van der Waals surface area contributed by atoms with Gasteiger partial charge in [0.1, 0.15) is 23.0 Å². The first-order valence-corrected chi connectivity index (χ1v) is 9.39. The number of amides is 1. The van der Waals surface area contributed by atoms with Crippen LogP contribution in [0.2, 0.25) is 0 Å². The van der Waals surface area contributed by atoms with Crippen LogP contribution in [0, 0.1) is 0 Å². The zero-order valence-corrected chi connectivity index (χ0v) is 14.1. The van der Waals surface area contributed by atoms with Gasteiger partial charge < -0.3 is 10.2 Å². The van der Waals surface area contributed by atoms with Crippen molar-refractivity contribution in [2.24, 2.45) is 0 Å². The summed E-state index contributed by atoms with van der Waals surface area (Å²) < 4.78 is 0. The van der Waals surface area contributed by atoms with Crippen LogP contribution in [-0.4, -0.2) is 28.5 Å². The molecule has 0 spiro atoms. The van der Waals surface area contributed by atoms with Crippen molar-refractivity contribution in [3.05, 3.63) is 40.2 Å². The molecule has 1 aliphatic rings. The van der Waals surface area contributed by atoms with Crippen LogP contribution in [0.3, 0.4) is 0 Å². The maximum Gasteiger partial charge on any atom is 0.243 e. The van der Waals surface area contributed by atoms with Crippen LogP contribution in [-0.2, 0) is 11.3 Å². The number of aromatic nitrogens is 2. The SMILES string of the molecule is O=C(NCc1ccsc1)[C@H]1CCCN1c1ncnc2sccc12. The average molecular weight is 344 g/mol. The molecule has 4 heterocycles. The zero-order valence-electron chi connectivity index (χ0n) is 12.4. The third-order valence-corrected chi connectivity index (χ3v) is 5.67. The third-order valence-electron chi connectivity index (χ3n) is 4.12. The Bertz CT molecular complexity index is 814. The first-order chi connectivity index (χ1) is 11.3. The molecule has 3 aromatic rings. The van der Waals surface area contributed by atoms with Gasteiger partial charge in [-0.2, -0.15) is 11.3 Å². The Morgan fingerprint density at radius 2 is 2.30 bits per heavy atom. The van der Waals surface area contributed by atoms with Gasteiger partial charge in [0, 0.05) is 13.1 Å². The van der Waals surface area contributed by atoms with E-state index in [-0.39, 0.29) is 11.9 Å². The summed E-state index contributed by atoms with van der Waals surface area (Å²) >= 11 is 3.25. The van der Waals surface area contributed by atoms with E-state index in [0.29, 0.717) is 6.54 Å². The summed E-state index contributed by atoms with van der Waals surface area (Å²) in [5.41, 5.74) is 1.15. The maximum atomic E-state index is 12.6. The molecule has 5 nitrogen and oxygen atoms in total. The molecule has 0 saturated carbocycles. The topological polar surface area (TPSA) is 58.1 Å². The largest absolute Gasteiger partial charge is 0.350 e. The Labute approximate surface area is 142 Å². The molecule has 1 fully saturated rings. The van der Waals surface area contributed by atoms with Crippen molar-refractivity contribution in [1.82, 2.24) is 15.3 Å². The minimum atomic E-state index is -0.147. The minimum absolute atomic E-state index is 0.0793. The molecule has 1 saturated heterocycles. The predicted molar refractivity (Wildman–Crippen MR) is 93.9 cm³/mol. The van der Waals surface area contributed by atoms with Gasteiger partial charge in [0.2, 0.25) is 5.91 Å². The van der Waals surface area contributed by atoms with E-state index >= 15 is 0 Å². The molecule has 0 aliphatic carbocycles. The number of nitrogens with one attached hydrogen (secondary N) is 1. The lowest BCUT2D eigenvalue weighted by atomic mass is 10.2. The molecule has 0 radical (unpaired) electrons. The van der Waals surface area contributed by atoms with Gasteiger partial charge in [0.15, 0.2) is 0 Å². The smallest absolute Gasteiger partial charge is 0.243 e. The summed E-state index contributed by atoms with van der Waals surface area (Å²) in [6.07, 6.45) is 3.46. The molecule has 7 heteroatoms. The molecule has 1 N–H and O–H groups in total. The number of thiophene rings is 2. The molecule has 0 bridgehead atoms. The molecule has 118 valence electrons. The summed E-state index contributed by atoms with van der Waals surface area (Å²) in [5, 5.41) is 10.2. The van der Waals surface area contributed by atoms with Crippen LogP contribution in [0.1, 0.15) is 18.4 Å². The molecule has 23 heavy (non-hydrogen) atoms. The first-order valence-electron chi connectivity index (χ1n) is 7.56. The monoisotopic (exact) mass is 344 g/mol. The quantitative estimate of drug-likeness (QED) is 0.790. The second kappa shape index (κ2) is 6.25. The van der Waals surface area contributed by atoms with E-state index < -0.39 is 0 Å². The average Bonchev–Trinajstić information content (AvgIpc) is 3.32. The molecule has 0 unspecified atom stereocenters. The van der Waals surface area contributed by atoms with E-state index in [1.807, 2.05) is 22.9 Å². The van der Waals surface area contributed by atoms with E-state index in [2.05, 4.69) is 25.6 Å². The predicted octanol–water partition coefficient (Wildman–Crippen LogP) is 3.04. The summed E-state index contributed by atoms with van der Waals surface area (Å²) in [6, 6.07) is 3.93. The van der Waals surface area contributed by atoms with Crippen LogP contribution in [0.4, 0.5) is 5.82 Å². The summed E-state index contributed by atoms with van der Waals surface area (Å²) in [6.45, 7) is 1.45. The molecule has 1 aliphatic heterocycles. The Morgan fingerprint density at radius 1 is 1.35 bits per heavy atom. The number of hydrogen-bond donors (Lipinski definition) is 1. The van der Waals surface area contributed by atoms with E-state index in [0.717, 1.165) is 41.0 Å². The Kier molecular flexibility index (Phi) is 3.97. The second-order valence-electron chi connectivity index (χ2n) is 5.54. The van der Waals surface area contributed by atoms with E-state index in [4.69, 9.17) is 0 Å². The van der Waals surface area contributed by atoms with E-state index in [1.165, 1.54) is 0 Å². The second-order valence-corrected chi connectivity index (χ2v) is 7.21. The summed E-state index contributed by atoms with van der Waals surface area (Å²) in [4.78, 5) is 24.4. The van der Waals surface area contributed by atoms with Gasteiger partial charge in [-0.15, -0.1) is 11.3 Å². The van der Waals surface area contributed by atoms with Crippen molar-refractivity contribution in [1.29, 1.82) is 0 Å². The number of anilines is 1. The highest BCUT2D eigenvalue weighted by Gasteiger charge is 2.32.